The predicted octanol–water partition coefficient (Wildman–Crippen LogP) is 0.955. The molecule has 0 saturated carbocycles. The maximum Gasteiger partial charge on any atom is 0.129 e. The molecule has 0 amide bonds. The van der Waals surface area contributed by atoms with Crippen molar-refractivity contribution in [2.24, 2.45) is 5.92 Å². The summed E-state index contributed by atoms with van der Waals surface area (Å²) in [6, 6.07) is 3.89. The van der Waals surface area contributed by atoms with Gasteiger partial charge in [-0.15, -0.1) is 0 Å². The molecule has 1 aromatic heterocycles. The minimum absolute atomic E-state index is 0.0553. The number of aryl methyl sites for hydroxylation is 1. The quantitative estimate of drug-likeness (QED) is 0.817. The Balaban J connectivity index is 2.20. The lowest BCUT2D eigenvalue weighted by atomic mass is 10.1. The average Bonchev–Trinajstić information content (AvgIpc) is 2.86. The van der Waals surface area contributed by atoms with Gasteiger partial charge < -0.3 is 15.1 Å². The van der Waals surface area contributed by atoms with Crippen LogP contribution in [0.5, 0.6) is 0 Å². The van der Waals surface area contributed by atoms with Gasteiger partial charge in [-0.1, -0.05) is 6.92 Å². The van der Waals surface area contributed by atoms with Crippen molar-refractivity contribution in [2.75, 3.05) is 24.6 Å². The van der Waals surface area contributed by atoms with Gasteiger partial charge in [0.15, 0.2) is 0 Å². The van der Waals surface area contributed by atoms with E-state index in [-0.39, 0.29) is 13.2 Å². The molecule has 0 bridgehead atoms. The Hall–Kier alpha value is -1.13. The highest BCUT2D eigenvalue weighted by Crippen LogP contribution is 2.23. The fourth-order valence-corrected chi connectivity index (χ4v) is 2.26. The third-order valence-electron chi connectivity index (χ3n) is 3.34. The second kappa shape index (κ2) is 5.47. The summed E-state index contributed by atoms with van der Waals surface area (Å²) in [6.07, 6.45) is 1.89. The van der Waals surface area contributed by atoms with Crippen LogP contribution in [0, 0.1) is 5.92 Å². The van der Waals surface area contributed by atoms with E-state index < -0.39 is 0 Å². The first-order valence-corrected chi connectivity index (χ1v) is 6.23. The van der Waals surface area contributed by atoms with E-state index in [1.54, 1.807) is 0 Å². The summed E-state index contributed by atoms with van der Waals surface area (Å²) in [5.41, 5.74) is 1.93. The normalized spacial score (nSPS) is 19.9. The van der Waals surface area contributed by atoms with Crippen molar-refractivity contribution in [1.82, 2.24) is 4.98 Å². The molecule has 94 valence electrons. The third-order valence-corrected chi connectivity index (χ3v) is 3.34. The molecule has 1 atom stereocenters. The van der Waals surface area contributed by atoms with Crippen molar-refractivity contribution in [3.63, 3.8) is 0 Å². The molecule has 0 spiro atoms. The lowest BCUT2D eigenvalue weighted by Gasteiger charge is -2.18. The lowest BCUT2D eigenvalue weighted by molar-refractivity contribution is 0.238. The number of aliphatic hydroxyl groups is 2. The molecule has 4 nitrogen and oxygen atoms in total. The monoisotopic (exact) mass is 236 g/mol. The van der Waals surface area contributed by atoms with Gasteiger partial charge in [-0.2, -0.15) is 0 Å². The first-order chi connectivity index (χ1) is 8.26. The third kappa shape index (κ3) is 2.76. The molecule has 0 aliphatic carbocycles. The Morgan fingerprint density at radius 3 is 2.82 bits per heavy atom. The maximum atomic E-state index is 9.24. The van der Waals surface area contributed by atoms with Gasteiger partial charge in [-0.3, -0.25) is 0 Å². The van der Waals surface area contributed by atoms with Gasteiger partial charge in [0.2, 0.25) is 0 Å². The summed E-state index contributed by atoms with van der Waals surface area (Å²) in [5, 5.41) is 18.4. The van der Waals surface area contributed by atoms with E-state index >= 15 is 0 Å². The highest BCUT2D eigenvalue weighted by molar-refractivity contribution is 5.43. The van der Waals surface area contributed by atoms with Crippen molar-refractivity contribution in [1.29, 1.82) is 0 Å². The molecule has 1 saturated heterocycles. The second-order valence-electron chi connectivity index (χ2n) is 4.62. The molecule has 1 unspecified atom stereocenters. The second-order valence-corrected chi connectivity index (χ2v) is 4.62. The molecule has 2 rings (SSSR count). The Bertz CT molecular complexity index is 359. The van der Waals surface area contributed by atoms with E-state index in [1.165, 1.54) is 0 Å². The molecule has 2 heterocycles. The van der Waals surface area contributed by atoms with Gasteiger partial charge in [0, 0.05) is 31.3 Å². The summed E-state index contributed by atoms with van der Waals surface area (Å²) in [6.45, 7) is 4.17. The first-order valence-electron chi connectivity index (χ1n) is 6.23. The van der Waals surface area contributed by atoms with Gasteiger partial charge in [0.25, 0.3) is 0 Å². The summed E-state index contributed by atoms with van der Waals surface area (Å²) in [5.74, 6) is 1.30. The minimum atomic E-state index is 0.0553. The SMILES string of the molecule is CCc1cc(CO)cc(N2CCC(CO)C2)n1. The molecule has 1 aromatic rings. The molecule has 0 radical (unpaired) electrons. The van der Waals surface area contributed by atoms with Crippen LogP contribution in [0.1, 0.15) is 24.6 Å². The van der Waals surface area contributed by atoms with Crippen LogP contribution >= 0.6 is 0 Å². The van der Waals surface area contributed by atoms with Crippen LogP contribution in [0.25, 0.3) is 0 Å². The number of aromatic nitrogens is 1. The fourth-order valence-electron chi connectivity index (χ4n) is 2.26. The van der Waals surface area contributed by atoms with Gasteiger partial charge in [0.05, 0.1) is 6.61 Å². The van der Waals surface area contributed by atoms with Crippen LogP contribution in [0.3, 0.4) is 0 Å². The van der Waals surface area contributed by atoms with Crippen LogP contribution in [0.15, 0.2) is 12.1 Å². The van der Waals surface area contributed by atoms with Crippen LogP contribution < -0.4 is 4.90 Å². The fraction of sp³-hybridized carbons (Fsp3) is 0.615. The molecule has 1 aliphatic heterocycles. The molecule has 0 aromatic carbocycles. The van der Waals surface area contributed by atoms with E-state index in [0.29, 0.717) is 5.92 Å². The standard InChI is InChI=1S/C13H20N2O2/c1-2-12-5-11(9-17)6-13(14-12)15-4-3-10(7-15)8-16/h5-6,10,16-17H,2-4,7-9H2,1H3. The number of hydrogen-bond donors (Lipinski definition) is 2. The summed E-state index contributed by atoms with van der Waals surface area (Å²) in [7, 11) is 0. The lowest BCUT2D eigenvalue weighted by Crippen LogP contribution is -2.22. The molecule has 4 heteroatoms. The first kappa shape index (κ1) is 12.3. The molecular weight excluding hydrogens is 216 g/mol. The topological polar surface area (TPSA) is 56.6 Å². The van der Waals surface area contributed by atoms with Gasteiger partial charge >= 0.3 is 0 Å². The Morgan fingerprint density at radius 2 is 2.24 bits per heavy atom. The van der Waals surface area contributed by atoms with Crippen LogP contribution in [-0.2, 0) is 13.0 Å². The van der Waals surface area contributed by atoms with Crippen molar-refractivity contribution in [3.05, 3.63) is 23.4 Å². The van der Waals surface area contributed by atoms with Crippen molar-refractivity contribution in [3.8, 4) is 0 Å². The van der Waals surface area contributed by atoms with Crippen molar-refractivity contribution >= 4 is 5.82 Å². The summed E-state index contributed by atoms with van der Waals surface area (Å²) >= 11 is 0. The molecule has 2 N–H and O–H groups in total. The van der Waals surface area contributed by atoms with Gasteiger partial charge in [-0.05, 0) is 30.5 Å². The Labute approximate surface area is 102 Å². The van der Waals surface area contributed by atoms with Crippen molar-refractivity contribution < 1.29 is 10.2 Å². The van der Waals surface area contributed by atoms with E-state index in [9.17, 15) is 5.11 Å². The zero-order valence-electron chi connectivity index (χ0n) is 10.3. The van der Waals surface area contributed by atoms with Gasteiger partial charge in [0.1, 0.15) is 5.82 Å². The molecular formula is C13H20N2O2. The molecule has 17 heavy (non-hydrogen) atoms. The van der Waals surface area contributed by atoms with Crippen LogP contribution in [-0.4, -0.2) is 34.9 Å². The minimum Gasteiger partial charge on any atom is -0.396 e. The largest absolute Gasteiger partial charge is 0.396 e. The Kier molecular flexibility index (Phi) is 3.97. The average molecular weight is 236 g/mol. The summed E-state index contributed by atoms with van der Waals surface area (Å²) < 4.78 is 0. The zero-order chi connectivity index (χ0) is 12.3. The number of aliphatic hydroxyl groups excluding tert-OH is 2. The summed E-state index contributed by atoms with van der Waals surface area (Å²) in [4.78, 5) is 6.78. The highest BCUT2D eigenvalue weighted by Gasteiger charge is 2.23. The number of hydrogen-bond acceptors (Lipinski definition) is 4. The van der Waals surface area contributed by atoms with E-state index in [2.05, 4.69) is 16.8 Å². The zero-order valence-corrected chi connectivity index (χ0v) is 10.3. The van der Waals surface area contributed by atoms with Crippen LogP contribution in [0.2, 0.25) is 0 Å². The van der Waals surface area contributed by atoms with E-state index in [0.717, 1.165) is 43.0 Å². The molecule has 1 fully saturated rings. The number of anilines is 1. The smallest absolute Gasteiger partial charge is 0.129 e. The van der Waals surface area contributed by atoms with E-state index in [1.807, 2.05) is 12.1 Å². The van der Waals surface area contributed by atoms with Crippen LogP contribution in [0.4, 0.5) is 5.82 Å². The molecule has 1 aliphatic rings. The maximum absolute atomic E-state index is 9.24. The highest BCUT2D eigenvalue weighted by atomic mass is 16.3. The number of rotatable bonds is 4. The number of nitrogens with zero attached hydrogens (tertiary/aromatic N) is 2. The van der Waals surface area contributed by atoms with E-state index in [4.69, 9.17) is 5.11 Å². The van der Waals surface area contributed by atoms with Crippen molar-refractivity contribution in [2.45, 2.75) is 26.4 Å². The number of pyridine rings is 1. The Morgan fingerprint density at radius 1 is 1.41 bits per heavy atom. The predicted molar refractivity (Wildman–Crippen MR) is 66.9 cm³/mol. The van der Waals surface area contributed by atoms with Gasteiger partial charge in [-0.25, -0.2) is 4.98 Å².